The standard InChI is InChI=1S/C27H28N2O3.ClH/c30-26-12-7-19-5-8-22(9-6-19)32-24-10-11-25-20(17-24)13-15-29-27(25)21-3-1-4-23(18-21)31-16-2-14-28-26;/h1,3-6,8-11,17-18,27,29H,2,7,12-16H2,(H,28,30);1H. The first kappa shape index (κ1) is 23.1. The van der Waals surface area contributed by atoms with Crippen molar-refractivity contribution in [2.45, 2.75) is 31.7 Å². The van der Waals surface area contributed by atoms with Gasteiger partial charge in [0.15, 0.2) is 0 Å². The Balaban J connectivity index is 0.00000259. The van der Waals surface area contributed by atoms with Crippen molar-refractivity contribution in [3.63, 3.8) is 0 Å². The van der Waals surface area contributed by atoms with E-state index in [1.54, 1.807) is 0 Å². The van der Waals surface area contributed by atoms with Gasteiger partial charge in [0.1, 0.15) is 17.2 Å². The van der Waals surface area contributed by atoms with Gasteiger partial charge >= 0.3 is 0 Å². The van der Waals surface area contributed by atoms with Crippen LogP contribution in [0, 0.1) is 0 Å². The van der Waals surface area contributed by atoms with Gasteiger partial charge in [0.25, 0.3) is 0 Å². The quantitative estimate of drug-likeness (QED) is 0.493. The van der Waals surface area contributed by atoms with E-state index in [4.69, 9.17) is 9.47 Å². The Bertz CT molecular complexity index is 1100. The van der Waals surface area contributed by atoms with Crippen LogP contribution in [-0.4, -0.2) is 25.6 Å². The van der Waals surface area contributed by atoms with Gasteiger partial charge in [0, 0.05) is 19.5 Å². The molecular formula is C27H29ClN2O3. The Labute approximate surface area is 200 Å². The zero-order chi connectivity index (χ0) is 21.8. The van der Waals surface area contributed by atoms with Crippen molar-refractivity contribution in [2.24, 2.45) is 0 Å². The Morgan fingerprint density at radius 2 is 1.67 bits per heavy atom. The molecule has 172 valence electrons. The summed E-state index contributed by atoms with van der Waals surface area (Å²) >= 11 is 0. The predicted molar refractivity (Wildman–Crippen MR) is 132 cm³/mol. The van der Waals surface area contributed by atoms with Crippen LogP contribution >= 0.6 is 12.4 Å². The lowest BCUT2D eigenvalue weighted by Crippen LogP contribution is -2.30. The van der Waals surface area contributed by atoms with Crippen LogP contribution in [0.2, 0.25) is 0 Å². The second-order valence-electron chi connectivity index (χ2n) is 8.37. The molecule has 6 heteroatoms. The minimum absolute atomic E-state index is 0. The van der Waals surface area contributed by atoms with E-state index in [1.165, 1.54) is 16.7 Å². The van der Waals surface area contributed by atoms with E-state index in [2.05, 4.69) is 34.9 Å². The summed E-state index contributed by atoms with van der Waals surface area (Å²) in [4.78, 5) is 12.1. The Kier molecular flexibility index (Phi) is 7.53. The van der Waals surface area contributed by atoms with Gasteiger partial charge in [-0.3, -0.25) is 4.79 Å². The second kappa shape index (κ2) is 10.7. The van der Waals surface area contributed by atoms with Crippen LogP contribution in [-0.2, 0) is 17.6 Å². The summed E-state index contributed by atoms with van der Waals surface area (Å²) in [6.07, 6.45) is 2.93. The number of carbonyl (C=O) groups is 1. The summed E-state index contributed by atoms with van der Waals surface area (Å²) in [5.41, 5.74) is 4.90. The molecule has 1 unspecified atom stereocenters. The highest BCUT2D eigenvalue weighted by molar-refractivity contribution is 5.85. The number of nitrogens with one attached hydrogen (secondary N) is 2. The number of benzene rings is 3. The third-order valence-electron chi connectivity index (χ3n) is 6.07. The fourth-order valence-electron chi connectivity index (χ4n) is 4.38. The third-order valence-corrected chi connectivity index (χ3v) is 6.07. The first-order valence-corrected chi connectivity index (χ1v) is 11.4. The smallest absolute Gasteiger partial charge is 0.220 e. The summed E-state index contributed by atoms with van der Waals surface area (Å²) in [5.74, 6) is 2.58. The molecule has 4 aliphatic rings. The molecule has 0 aliphatic carbocycles. The zero-order valence-electron chi connectivity index (χ0n) is 18.5. The Hall–Kier alpha value is -3.02. The molecule has 3 aromatic carbocycles. The third kappa shape index (κ3) is 5.67. The summed E-state index contributed by atoms with van der Waals surface area (Å²) in [7, 11) is 0. The molecule has 5 nitrogen and oxygen atoms in total. The topological polar surface area (TPSA) is 59.6 Å². The van der Waals surface area contributed by atoms with Gasteiger partial charge in [-0.1, -0.05) is 30.3 Å². The summed E-state index contributed by atoms with van der Waals surface area (Å²) in [6.45, 7) is 2.10. The molecule has 1 amide bonds. The maximum absolute atomic E-state index is 12.1. The van der Waals surface area contributed by atoms with Crippen LogP contribution in [0.4, 0.5) is 0 Å². The lowest BCUT2D eigenvalue weighted by molar-refractivity contribution is -0.121. The molecule has 0 radical (unpaired) electrons. The van der Waals surface area contributed by atoms with E-state index in [1.807, 2.05) is 42.5 Å². The molecule has 8 bridgehead atoms. The highest BCUT2D eigenvalue weighted by atomic mass is 35.5. The number of aryl methyl sites for hydroxylation is 1. The van der Waals surface area contributed by atoms with Crippen molar-refractivity contribution in [1.82, 2.24) is 10.6 Å². The van der Waals surface area contributed by atoms with Gasteiger partial charge < -0.3 is 20.1 Å². The van der Waals surface area contributed by atoms with Crippen molar-refractivity contribution < 1.29 is 14.3 Å². The molecule has 33 heavy (non-hydrogen) atoms. The van der Waals surface area contributed by atoms with E-state index in [0.717, 1.165) is 42.2 Å². The maximum Gasteiger partial charge on any atom is 0.220 e. The van der Waals surface area contributed by atoms with E-state index >= 15 is 0 Å². The van der Waals surface area contributed by atoms with Gasteiger partial charge in [-0.15, -0.1) is 12.4 Å². The number of rotatable bonds is 0. The number of hydrogen-bond donors (Lipinski definition) is 2. The van der Waals surface area contributed by atoms with Crippen molar-refractivity contribution in [3.8, 4) is 17.2 Å². The van der Waals surface area contributed by atoms with Crippen molar-refractivity contribution >= 4 is 18.3 Å². The largest absolute Gasteiger partial charge is 0.494 e. The van der Waals surface area contributed by atoms with E-state index in [9.17, 15) is 4.79 Å². The average Bonchev–Trinajstić information content (AvgIpc) is 2.82. The molecule has 3 aromatic rings. The molecule has 1 atom stereocenters. The Morgan fingerprint density at radius 3 is 2.55 bits per heavy atom. The Morgan fingerprint density at radius 1 is 0.818 bits per heavy atom. The van der Waals surface area contributed by atoms with Gasteiger partial charge in [0.2, 0.25) is 5.91 Å². The molecule has 0 saturated carbocycles. The fraction of sp³-hybridized carbons (Fsp3) is 0.296. The molecule has 0 fully saturated rings. The highest BCUT2D eigenvalue weighted by Crippen LogP contribution is 2.34. The summed E-state index contributed by atoms with van der Waals surface area (Å²) < 4.78 is 12.1. The minimum Gasteiger partial charge on any atom is -0.494 e. The number of amides is 1. The van der Waals surface area contributed by atoms with Gasteiger partial charge in [-0.2, -0.15) is 0 Å². The van der Waals surface area contributed by atoms with Gasteiger partial charge in [-0.05, 0) is 77.9 Å². The predicted octanol–water partition coefficient (Wildman–Crippen LogP) is 4.97. The van der Waals surface area contributed by atoms with Crippen LogP contribution < -0.4 is 20.1 Å². The molecular weight excluding hydrogens is 436 g/mol. The highest BCUT2D eigenvalue weighted by Gasteiger charge is 2.22. The number of carbonyl (C=O) groups excluding carboxylic acids is 1. The zero-order valence-corrected chi connectivity index (χ0v) is 19.3. The SMILES string of the molecule is Cl.O=C1CCc2ccc(cc2)Oc2ccc3c(c2)CCNC3c2cccc(c2)OCCCN1. The normalized spacial score (nSPS) is 18.2. The monoisotopic (exact) mass is 464 g/mol. The molecule has 2 N–H and O–H groups in total. The van der Waals surface area contributed by atoms with Crippen LogP contribution in [0.15, 0.2) is 66.7 Å². The van der Waals surface area contributed by atoms with Crippen LogP contribution in [0.25, 0.3) is 0 Å². The molecule has 0 saturated heterocycles. The molecule has 0 spiro atoms. The number of ether oxygens (including phenoxy) is 2. The van der Waals surface area contributed by atoms with Crippen LogP contribution in [0.5, 0.6) is 17.2 Å². The van der Waals surface area contributed by atoms with E-state index < -0.39 is 0 Å². The molecule has 0 aromatic heterocycles. The fourth-order valence-corrected chi connectivity index (χ4v) is 4.38. The van der Waals surface area contributed by atoms with Crippen LogP contribution in [0.1, 0.15) is 41.1 Å². The molecule has 4 aliphatic heterocycles. The number of hydrogen-bond acceptors (Lipinski definition) is 4. The summed E-state index contributed by atoms with van der Waals surface area (Å²) in [5, 5.41) is 6.63. The van der Waals surface area contributed by atoms with E-state index in [-0.39, 0.29) is 24.4 Å². The van der Waals surface area contributed by atoms with Gasteiger partial charge in [0.05, 0.1) is 12.6 Å². The lowest BCUT2D eigenvalue weighted by atomic mass is 9.89. The lowest BCUT2D eigenvalue weighted by Gasteiger charge is -2.28. The first-order valence-electron chi connectivity index (χ1n) is 11.4. The molecule has 4 heterocycles. The van der Waals surface area contributed by atoms with Crippen LogP contribution in [0.3, 0.4) is 0 Å². The van der Waals surface area contributed by atoms with Crippen molar-refractivity contribution in [3.05, 3.63) is 89.0 Å². The minimum atomic E-state index is 0. The summed E-state index contributed by atoms with van der Waals surface area (Å²) in [6, 6.07) is 22.8. The first-order chi connectivity index (χ1) is 15.7. The maximum atomic E-state index is 12.1. The number of halogens is 1. The average molecular weight is 465 g/mol. The van der Waals surface area contributed by atoms with Crippen molar-refractivity contribution in [2.75, 3.05) is 19.7 Å². The molecule has 7 rings (SSSR count). The van der Waals surface area contributed by atoms with Crippen molar-refractivity contribution in [1.29, 1.82) is 0 Å². The number of fused-ring (bicyclic) bond motifs is 1. The van der Waals surface area contributed by atoms with Gasteiger partial charge in [-0.25, -0.2) is 0 Å². The second-order valence-corrected chi connectivity index (χ2v) is 8.37. The van der Waals surface area contributed by atoms with E-state index in [0.29, 0.717) is 26.0 Å².